The Hall–Kier alpha value is -1.66. The second-order valence-electron chi connectivity index (χ2n) is 8.74. The lowest BCUT2D eigenvalue weighted by Crippen LogP contribution is -2.48. The van der Waals surface area contributed by atoms with Gasteiger partial charge in [-0.3, -0.25) is 4.90 Å². The van der Waals surface area contributed by atoms with Gasteiger partial charge in [0.15, 0.2) is 5.82 Å². The molecule has 1 fully saturated rings. The van der Waals surface area contributed by atoms with Crippen LogP contribution in [0, 0.1) is 13.8 Å². The van der Waals surface area contributed by atoms with Gasteiger partial charge in [-0.05, 0) is 68.7 Å². The Balaban J connectivity index is 0.00000280. The van der Waals surface area contributed by atoms with E-state index in [0.29, 0.717) is 0 Å². The SMILES string of the molecule is CCCC(c1nnnn1C(C)(C)C)N1CCN(c2cc(C)ccc2C)CC1.Cl. The lowest BCUT2D eigenvalue weighted by molar-refractivity contribution is 0.156. The summed E-state index contributed by atoms with van der Waals surface area (Å²) in [4.78, 5) is 5.09. The fourth-order valence-corrected chi connectivity index (χ4v) is 3.96. The van der Waals surface area contributed by atoms with Crippen molar-refractivity contribution >= 4 is 18.1 Å². The zero-order valence-corrected chi connectivity index (χ0v) is 19.0. The molecular formula is C21H35ClN6. The Morgan fingerprint density at radius 2 is 1.75 bits per heavy atom. The summed E-state index contributed by atoms with van der Waals surface area (Å²) in [6, 6.07) is 7.02. The highest BCUT2D eigenvalue weighted by Gasteiger charge is 2.31. The van der Waals surface area contributed by atoms with Crippen LogP contribution in [-0.4, -0.2) is 51.3 Å². The molecule has 2 heterocycles. The Morgan fingerprint density at radius 3 is 2.36 bits per heavy atom. The van der Waals surface area contributed by atoms with Crippen LogP contribution < -0.4 is 4.90 Å². The number of benzene rings is 1. The number of hydrogen-bond donors (Lipinski definition) is 0. The van der Waals surface area contributed by atoms with Crippen molar-refractivity contribution in [3.05, 3.63) is 35.2 Å². The average Bonchev–Trinajstić information content (AvgIpc) is 3.12. The molecule has 1 aliphatic rings. The highest BCUT2D eigenvalue weighted by molar-refractivity contribution is 5.85. The zero-order chi connectivity index (χ0) is 19.6. The van der Waals surface area contributed by atoms with Crippen LogP contribution in [0.25, 0.3) is 0 Å². The molecule has 3 rings (SSSR count). The maximum absolute atomic E-state index is 4.43. The first-order valence-corrected chi connectivity index (χ1v) is 10.2. The predicted octanol–water partition coefficient (Wildman–Crippen LogP) is 4.13. The van der Waals surface area contributed by atoms with Crippen LogP contribution >= 0.6 is 12.4 Å². The fraction of sp³-hybridized carbons (Fsp3) is 0.667. The second-order valence-corrected chi connectivity index (χ2v) is 8.74. The summed E-state index contributed by atoms with van der Waals surface area (Å²) in [7, 11) is 0. The van der Waals surface area contributed by atoms with E-state index in [-0.39, 0.29) is 24.0 Å². The lowest BCUT2D eigenvalue weighted by Gasteiger charge is -2.40. The van der Waals surface area contributed by atoms with Crippen molar-refractivity contribution < 1.29 is 0 Å². The van der Waals surface area contributed by atoms with Crippen molar-refractivity contribution in [3.8, 4) is 0 Å². The Kier molecular flexibility index (Phi) is 7.46. The molecule has 7 heteroatoms. The van der Waals surface area contributed by atoms with Crippen LogP contribution in [0.4, 0.5) is 5.69 Å². The van der Waals surface area contributed by atoms with E-state index < -0.39 is 0 Å². The third kappa shape index (κ3) is 4.84. The molecule has 1 aromatic carbocycles. The van der Waals surface area contributed by atoms with Gasteiger partial charge < -0.3 is 4.90 Å². The first-order valence-electron chi connectivity index (χ1n) is 10.2. The molecule has 6 nitrogen and oxygen atoms in total. The van der Waals surface area contributed by atoms with Crippen LogP contribution in [0.3, 0.4) is 0 Å². The Morgan fingerprint density at radius 1 is 1.07 bits per heavy atom. The highest BCUT2D eigenvalue weighted by atomic mass is 35.5. The van der Waals surface area contributed by atoms with E-state index >= 15 is 0 Å². The molecule has 0 N–H and O–H groups in total. The molecule has 28 heavy (non-hydrogen) atoms. The minimum absolute atomic E-state index is 0. The molecule has 1 saturated heterocycles. The van der Waals surface area contributed by atoms with Crippen molar-refractivity contribution in [2.75, 3.05) is 31.1 Å². The first-order chi connectivity index (χ1) is 12.8. The number of aryl methyl sites for hydroxylation is 2. The van der Waals surface area contributed by atoms with E-state index in [1.807, 2.05) is 4.68 Å². The number of anilines is 1. The number of piperazine rings is 1. The Bertz CT molecular complexity index is 758. The molecular weight excluding hydrogens is 372 g/mol. The summed E-state index contributed by atoms with van der Waals surface area (Å²) in [6.07, 6.45) is 2.21. The smallest absolute Gasteiger partial charge is 0.168 e. The van der Waals surface area contributed by atoms with E-state index in [4.69, 9.17) is 0 Å². The maximum Gasteiger partial charge on any atom is 0.168 e. The molecule has 0 spiro atoms. The Labute approximate surface area is 175 Å². The first kappa shape index (κ1) is 22.6. The summed E-state index contributed by atoms with van der Waals surface area (Å²) in [6.45, 7) is 17.3. The molecule has 156 valence electrons. The second kappa shape index (κ2) is 9.23. The quantitative estimate of drug-likeness (QED) is 0.747. The number of aromatic nitrogens is 4. The molecule has 1 aromatic heterocycles. The van der Waals surface area contributed by atoms with Gasteiger partial charge in [0.1, 0.15) is 0 Å². The summed E-state index contributed by atoms with van der Waals surface area (Å²) in [5, 5.41) is 12.7. The van der Waals surface area contributed by atoms with E-state index in [0.717, 1.165) is 44.8 Å². The van der Waals surface area contributed by atoms with Crippen LogP contribution in [0.15, 0.2) is 18.2 Å². The topological polar surface area (TPSA) is 50.1 Å². The van der Waals surface area contributed by atoms with Crippen LogP contribution in [0.5, 0.6) is 0 Å². The summed E-state index contributed by atoms with van der Waals surface area (Å²) >= 11 is 0. The third-order valence-electron chi connectivity index (χ3n) is 5.45. The van der Waals surface area contributed by atoms with Gasteiger partial charge in [0.2, 0.25) is 0 Å². The van der Waals surface area contributed by atoms with E-state index in [2.05, 4.69) is 85.1 Å². The molecule has 0 radical (unpaired) electrons. The van der Waals surface area contributed by atoms with Crippen molar-refractivity contribution in [1.29, 1.82) is 0 Å². The fourth-order valence-electron chi connectivity index (χ4n) is 3.96. The number of hydrogen-bond acceptors (Lipinski definition) is 5. The number of halogens is 1. The summed E-state index contributed by atoms with van der Waals surface area (Å²) in [5.74, 6) is 1.00. The van der Waals surface area contributed by atoms with Crippen molar-refractivity contribution in [2.45, 2.75) is 66.0 Å². The maximum atomic E-state index is 4.43. The zero-order valence-electron chi connectivity index (χ0n) is 18.1. The largest absolute Gasteiger partial charge is 0.369 e. The summed E-state index contributed by atoms with van der Waals surface area (Å²) < 4.78 is 2.00. The van der Waals surface area contributed by atoms with Crippen molar-refractivity contribution in [3.63, 3.8) is 0 Å². The van der Waals surface area contributed by atoms with E-state index in [1.165, 1.54) is 16.8 Å². The van der Waals surface area contributed by atoms with Gasteiger partial charge in [0, 0.05) is 31.9 Å². The predicted molar refractivity (Wildman–Crippen MR) is 117 cm³/mol. The number of nitrogens with zero attached hydrogens (tertiary/aromatic N) is 6. The van der Waals surface area contributed by atoms with Gasteiger partial charge >= 0.3 is 0 Å². The standard InChI is InChI=1S/C21H34N6.ClH/c1-7-8-18(20-22-23-24-27(20)21(4,5)6)25-11-13-26(14-12-25)19-15-16(2)9-10-17(19)3;/h9-10,15,18H,7-8,11-14H2,1-6H3;1H. The average molecular weight is 407 g/mol. The minimum atomic E-state index is -0.106. The minimum Gasteiger partial charge on any atom is -0.369 e. The van der Waals surface area contributed by atoms with Crippen LogP contribution in [0.2, 0.25) is 0 Å². The van der Waals surface area contributed by atoms with E-state index in [9.17, 15) is 0 Å². The van der Waals surface area contributed by atoms with Gasteiger partial charge in [0.25, 0.3) is 0 Å². The van der Waals surface area contributed by atoms with E-state index in [1.54, 1.807) is 0 Å². The molecule has 0 aliphatic carbocycles. The molecule has 1 atom stereocenters. The van der Waals surface area contributed by atoms with Crippen molar-refractivity contribution in [2.24, 2.45) is 0 Å². The number of tetrazole rings is 1. The third-order valence-corrected chi connectivity index (χ3v) is 5.45. The van der Waals surface area contributed by atoms with Gasteiger partial charge in [-0.1, -0.05) is 25.5 Å². The monoisotopic (exact) mass is 406 g/mol. The molecule has 1 aliphatic heterocycles. The molecule has 1 unspecified atom stereocenters. The van der Waals surface area contributed by atoms with Crippen LogP contribution in [-0.2, 0) is 5.54 Å². The molecule has 0 amide bonds. The van der Waals surface area contributed by atoms with Crippen molar-refractivity contribution in [1.82, 2.24) is 25.1 Å². The highest BCUT2D eigenvalue weighted by Crippen LogP contribution is 2.30. The lowest BCUT2D eigenvalue weighted by atomic mass is 10.0. The molecule has 0 bridgehead atoms. The van der Waals surface area contributed by atoms with Gasteiger partial charge in [0.05, 0.1) is 11.6 Å². The van der Waals surface area contributed by atoms with Crippen LogP contribution in [0.1, 0.15) is 63.5 Å². The normalized spacial score (nSPS) is 16.7. The molecule has 0 saturated carbocycles. The van der Waals surface area contributed by atoms with Gasteiger partial charge in [-0.2, -0.15) is 0 Å². The summed E-state index contributed by atoms with van der Waals surface area (Å²) in [5.41, 5.74) is 3.95. The van der Waals surface area contributed by atoms with Gasteiger partial charge in [-0.25, -0.2) is 4.68 Å². The molecule has 2 aromatic rings. The number of rotatable bonds is 5. The van der Waals surface area contributed by atoms with Gasteiger partial charge in [-0.15, -0.1) is 17.5 Å².